The molecule has 1 heterocycles. The third kappa shape index (κ3) is 4.50. The molecular formula is C22H16ClN3O2S. The number of fused-ring (bicyclic) bond motifs is 1. The number of nitrogens with zero attached hydrogens (tertiary/aromatic N) is 2. The number of halogens is 1. The molecule has 1 aromatic heterocycles. The van der Waals surface area contributed by atoms with Crippen molar-refractivity contribution < 1.29 is 9.00 Å². The van der Waals surface area contributed by atoms with Crippen molar-refractivity contribution in [2.75, 3.05) is 11.1 Å². The number of aromatic nitrogens is 2. The molecule has 1 unspecified atom stereocenters. The number of hydrogen-bond donors (Lipinski definition) is 1. The predicted octanol–water partition coefficient (Wildman–Crippen LogP) is 4.70. The van der Waals surface area contributed by atoms with Gasteiger partial charge in [-0.2, -0.15) is 0 Å². The van der Waals surface area contributed by atoms with Crippen LogP contribution in [0.25, 0.3) is 22.3 Å². The van der Waals surface area contributed by atoms with Gasteiger partial charge in [0.15, 0.2) is 5.03 Å². The van der Waals surface area contributed by atoms with E-state index in [2.05, 4.69) is 15.3 Å². The highest BCUT2D eigenvalue weighted by atomic mass is 35.5. The van der Waals surface area contributed by atoms with Crippen molar-refractivity contribution >= 4 is 45.0 Å². The lowest BCUT2D eigenvalue weighted by molar-refractivity contribution is -0.113. The summed E-state index contributed by atoms with van der Waals surface area (Å²) in [5.41, 5.74) is 3.24. The maximum absolute atomic E-state index is 13.1. The fraction of sp³-hybridized carbons (Fsp3) is 0.0455. The van der Waals surface area contributed by atoms with Crippen LogP contribution in [0, 0.1) is 0 Å². The number of rotatable bonds is 5. The van der Waals surface area contributed by atoms with E-state index in [-0.39, 0.29) is 11.7 Å². The first-order chi connectivity index (χ1) is 14.1. The summed E-state index contributed by atoms with van der Waals surface area (Å²) < 4.78 is 13.1. The van der Waals surface area contributed by atoms with E-state index in [1.54, 1.807) is 24.3 Å². The van der Waals surface area contributed by atoms with Crippen LogP contribution in [0.5, 0.6) is 0 Å². The van der Waals surface area contributed by atoms with Crippen molar-refractivity contribution in [3.63, 3.8) is 0 Å². The summed E-state index contributed by atoms with van der Waals surface area (Å²) in [6, 6.07) is 23.5. The summed E-state index contributed by atoms with van der Waals surface area (Å²) in [6.45, 7) is 0. The molecule has 0 radical (unpaired) electrons. The van der Waals surface area contributed by atoms with Gasteiger partial charge in [0, 0.05) is 16.3 Å². The van der Waals surface area contributed by atoms with Crippen LogP contribution in [0.15, 0.2) is 83.9 Å². The number of anilines is 1. The number of carbonyl (C=O) groups is 1. The van der Waals surface area contributed by atoms with E-state index in [1.807, 2.05) is 54.6 Å². The summed E-state index contributed by atoms with van der Waals surface area (Å²) in [7, 11) is -1.67. The van der Waals surface area contributed by atoms with Crippen molar-refractivity contribution in [1.29, 1.82) is 0 Å². The molecular weight excluding hydrogens is 406 g/mol. The number of hydrogen-bond acceptors (Lipinski definition) is 4. The number of nitrogens with one attached hydrogen (secondary N) is 1. The monoisotopic (exact) mass is 421 g/mol. The molecule has 7 heteroatoms. The highest BCUT2D eigenvalue weighted by Crippen LogP contribution is 2.26. The lowest BCUT2D eigenvalue weighted by atomic mass is 10.1. The number of para-hydroxylation sites is 2. The Labute approximate surface area is 175 Å². The third-order valence-electron chi connectivity index (χ3n) is 4.19. The second-order valence-corrected chi connectivity index (χ2v) is 8.08. The Kier molecular flexibility index (Phi) is 5.64. The smallest absolute Gasteiger partial charge is 0.237 e. The fourth-order valence-corrected chi connectivity index (χ4v) is 4.00. The molecule has 0 saturated heterocycles. The Morgan fingerprint density at radius 3 is 2.17 bits per heavy atom. The van der Waals surface area contributed by atoms with Crippen LogP contribution in [-0.2, 0) is 15.6 Å². The van der Waals surface area contributed by atoms with Gasteiger partial charge in [-0.3, -0.25) is 9.00 Å². The van der Waals surface area contributed by atoms with E-state index in [9.17, 15) is 9.00 Å². The minimum absolute atomic E-state index is 0.227. The summed E-state index contributed by atoms with van der Waals surface area (Å²) in [5, 5.41) is 3.59. The molecule has 5 nitrogen and oxygen atoms in total. The Morgan fingerprint density at radius 2 is 1.48 bits per heavy atom. The van der Waals surface area contributed by atoms with Crippen molar-refractivity contribution in [3.05, 3.63) is 83.9 Å². The molecule has 4 aromatic rings. The summed E-state index contributed by atoms with van der Waals surface area (Å²) in [6.07, 6.45) is 0. The first-order valence-electron chi connectivity index (χ1n) is 8.86. The van der Waals surface area contributed by atoms with E-state index in [4.69, 9.17) is 11.6 Å². The van der Waals surface area contributed by atoms with Gasteiger partial charge in [-0.1, -0.05) is 54.1 Å². The molecule has 0 aliphatic rings. The van der Waals surface area contributed by atoms with Crippen LogP contribution < -0.4 is 5.32 Å². The zero-order valence-corrected chi connectivity index (χ0v) is 16.8. The topological polar surface area (TPSA) is 72.0 Å². The average Bonchev–Trinajstić information content (AvgIpc) is 2.75. The van der Waals surface area contributed by atoms with Gasteiger partial charge in [0.25, 0.3) is 0 Å². The molecule has 1 N–H and O–H groups in total. The molecule has 0 spiro atoms. The van der Waals surface area contributed by atoms with E-state index in [0.717, 1.165) is 5.56 Å². The molecule has 1 atom stereocenters. The highest BCUT2D eigenvalue weighted by molar-refractivity contribution is 7.85. The summed E-state index contributed by atoms with van der Waals surface area (Å²) in [4.78, 5) is 21.6. The van der Waals surface area contributed by atoms with Gasteiger partial charge in [0.2, 0.25) is 5.91 Å². The van der Waals surface area contributed by atoms with Crippen LogP contribution in [0.2, 0.25) is 5.02 Å². The fourth-order valence-electron chi connectivity index (χ4n) is 2.84. The normalized spacial score (nSPS) is 11.9. The first-order valence-corrected chi connectivity index (χ1v) is 10.6. The number of carbonyl (C=O) groups excluding carboxylic acids is 1. The van der Waals surface area contributed by atoms with Crippen molar-refractivity contribution in [1.82, 2.24) is 9.97 Å². The van der Waals surface area contributed by atoms with Gasteiger partial charge < -0.3 is 5.32 Å². The molecule has 0 saturated carbocycles. The molecule has 0 fully saturated rings. The van der Waals surface area contributed by atoms with Crippen LogP contribution in [0.3, 0.4) is 0 Å². The van der Waals surface area contributed by atoms with Crippen LogP contribution >= 0.6 is 11.6 Å². The maximum atomic E-state index is 13.1. The van der Waals surface area contributed by atoms with Crippen LogP contribution in [-0.4, -0.2) is 25.8 Å². The Hall–Kier alpha value is -3.09. The standard InChI is InChI=1S/C22H16ClN3O2S/c23-16-10-12-17(13-11-16)24-20(27)14-29(28)22-21(15-6-2-1-3-7-15)25-18-8-4-5-9-19(18)26-22/h1-13H,14H2,(H,24,27). The quantitative estimate of drug-likeness (QED) is 0.507. The minimum Gasteiger partial charge on any atom is -0.325 e. The Morgan fingerprint density at radius 1 is 0.862 bits per heavy atom. The van der Waals surface area contributed by atoms with Gasteiger partial charge in [-0.05, 0) is 36.4 Å². The van der Waals surface area contributed by atoms with Crippen LogP contribution in [0.4, 0.5) is 5.69 Å². The zero-order chi connectivity index (χ0) is 20.2. The number of amides is 1. The Bertz CT molecular complexity index is 1200. The largest absolute Gasteiger partial charge is 0.325 e. The van der Waals surface area contributed by atoms with Crippen molar-refractivity contribution in [2.24, 2.45) is 0 Å². The summed E-state index contributed by atoms with van der Waals surface area (Å²) in [5.74, 6) is -0.602. The van der Waals surface area contributed by atoms with E-state index >= 15 is 0 Å². The molecule has 144 valence electrons. The molecule has 3 aromatic carbocycles. The Balaban J connectivity index is 1.65. The lowest BCUT2D eigenvalue weighted by Crippen LogP contribution is -2.20. The lowest BCUT2D eigenvalue weighted by Gasteiger charge is -2.10. The SMILES string of the molecule is O=C(CS(=O)c1nc2ccccc2nc1-c1ccccc1)Nc1ccc(Cl)cc1. The van der Waals surface area contributed by atoms with Crippen molar-refractivity contribution in [3.8, 4) is 11.3 Å². The van der Waals surface area contributed by atoms with E-state index in [0.29, 0.717) is 32.5 Å². The minimum atomic E-state index is -1.67. The second-order valence-electron chi connectivity index (χ2n) is 6.28. The molecule has 0 bridgehead atoms. The maximum Gasteiger partial charge on any atom is 0.237 e. The first kappa shape index (κ1) is 19.2. The molecule has 0 aliphatic carbocycles. The number of benzene rings is 3. The zero-order valence-electron chi connectivity index (χ0n) is 15.2. The molecule has 0 aliphatic heterocycles. The third-order valence-corrected chi connectivity index (χ3v) is 5.68. The molecule has 1 amide bonds. The predicted molar refractivity (Wildman–Crippen MR) is 116 cm³/mol. The second kappa shape index (κ2) is 8.51. The molecule has 4 rings (SSSR count). The van der Waals surface area contributed by atoms with Gasteiger partial charge >= 0.3 is 0 Å². The molecule has 29 heavy (non-hydrogen) atoms. The van der Waals surface area contributed by atoms with Gasteiger partial charge in [0.1, 0.15) is 11.4 Å². The van der Waals surface area contributed by atoms with Crippen LogP contribution in [0.1, 0.15) is 0 Å². The van der Waals surface area contributed by atoms with Gasteiger partial charge in [-0.15, -0.1) is 0 Å². The van der Waals surface area contributed by atoms with Gasteiger partial charge in [-0.25, -0.2) is 9.97 Å². The average molecular weight is 422 g/mol. The highest BCUT2D eigenvalue weighted by Gasteiger charge is 2.19. The van der Waals surface area contributed by atoms with E-state index in [1.165, 1.54) is 0 Å². The van der Waals surface area contributed by atoms with Gasteiger partial charge in [0.05, 0.1) is 21.8 Å². The van der Waals surface area contributed by atoms with Crippen molar-refractivity contribution in [2.45, 2.75) is 5.03 Å². The van der Waals surface area contributed by atoms with E-state index < -0.39 is 10.8 Å². The summed E-state index contributed by atoms with van der Waals surface area (Å²) >= 11 is 5.86.